The van der Waals surface area contributed by atoms with E-state index in [2.05, 4.69) is 5.10 Å². The minimum Gasteiger partial charge on any atom is -0.300 e. The average Bonchev–Trinajstić information content (AvgIpc) is 3.14. The SMILES string of the molecule is N=C(/C(C=O)=C/C1C(=O)N(C2=CCCC=C2)N=C1c1ccccc1)c1ccccc1. The van der Waals surface area contributed by atoms with Gasteiger partial charge >= 0.3 is 0 Å². The van der Waals surface area contributed by atoms with Crippen molar-refractivity contribution in [1.29, 1.82) is 5.41 Å². The molecule has 4 rings (SSSR count). The number of carbonyl (C=O) groups excluding carboxylic acids is 2. The van der Waals surface area contributed by atoms with Gasteiger partial charge in [-0.05, 0) is 24.5 Å². The number of hydrogen-bond acceptors (Lipinski definition) is 4. The van der Waals surface area contributed by atoms with Gasteiger partial charge in [-0.1, -0.05) is 78.9 Å². The molecule has 1 aliphatic heterocycles. The van der Waals surface area contributed by atoms with Gasteiger partial charge in [0.1, 0.15) is 5.92 Å². The average molecular weight is 395 g/mol. The first-order valence-electron chi connectivity index (χ1n) is 9.85. The molecule has 1 heterocycles. The van der Waals surface area contributed by atoms with Gasteiger partial charge in [0.15, 0.2) is 6.29 Å². The third kappa shape index (κ3) is 3.82. The molecule has 0 aromatic heterocycles. The minimum atomic E-state index is -0.743. The van der Waals surface area contributed by atoms with Crippen molar-refractivity contribution in [2.75, 3.05) is 0 Å². The lowest BCUT2D eigenvalue weighted by atomic mass is 9.92. The molecule has 148 valence electrons. The van der Waals surface area contributed by atoms with Gasteiger partial charge in [-0.3, -0.25) is 15.0 Å². The highest BCUT2D eigenvalue weighted by atomic mass is 16.2. The zero-order valence-corrected chi connectivity index (χ0v) is 16.4. The largest absolute Gasteiger partial charge is 0.300 e. The second-order valence-electron chi connectivity index (χ2n) is 7.07. The van der Waals surface area contributed by atoms with E-state index in [9.17, 15) is 9.59 Å². The summed E-state index contributed by atoms with van der Waals surface area (Å²) in [6.07, 6.45) is 9.88. The van der Waals surface area contributed by atoms with Crippen LogP contribution in [0.1, 0.15) is 24.0 Å². The van der Waals surface area contributed by atoms with Crippen LogP contribution in [0.15, 0.2) is 101 Å². The Kier molecular flexibility index (Phi) is 5.61. The molecule has 2 aromatic rings. The van der Waals surface area contributed by atoms with Crippen LogP contribution in [-0.4, -0.2) is 28.6 Å². The molecule has 0 spiro atoms. The van der Waals surface area contributed by atoms with Gasteiger partial charge in [0.25, 0.3) is 5.91 Å². The number of carbonyl (C=O) groups is 2. The molecule has 1 aliphatic carbocycles. The van der Waals surface area contributed by atoms with Crippen molar-refractivity contribution >= 4 is 23.6 Å². The maximum Gasteiger partial charge on any atom is 0.260 e. The van der Waals surface area contributed by atoms with E-state index in [-0.39, 0.29) is 17.2 Å². The summed E-state index contributed by atoms with van der Waals surface area (Å²) in [5.41, 5.74) is 2.99. The van der Waals surface area contributed by atoms with E-state index in [1.54, 1.807) is 18.2 Å². The monoisotopic (exact) mass is 395 g/mol. The van der Waals surface area contributed by atoms with Crippen LogP contribution in [0.3, 0.4) is 0 Å². The predicted octanol–water partition coefficient (Wildman–Crippen LogP) is 4.28. The Labute approximate surface area is 175 Å². The zero-order chi connectivity index (χ0) is 20.9. The maximum atomic E-state index is 13.3. The Morgan fingerprint density at radius 2 is 1.73 bits per heavy atom. The van der Waals surface area contributed by atoms with Crippen LogP contribution in [0.25, 0.3) is 0 Å². The van der Waals surface area contributed by atoms with E-state index in [4.69, 9.17) is 5.41 Å². The number of aldehydes is 1. The van der Waals surface area contributed by atoms with Crippen molar-refractivity contribution in [3.8, 4) is 0 Å². The highest BCUT2D eigenvalue weighted by Gasteiger charge is 2.37. The normalized spacial score (nSPS) is 18.8. The molecule has 5 heteroatoms. The molecule has 0 fully saturated rings. The van der Waals surface area contributed by atoms with Crippen LogP contribution < -0.4 is 0 Å². The van der Waals surface area contributed by atoms with Crippen molar-refractivity contribution in [2.45, 2.75) is 12.8 Å². The fraction of sp³-hybridized carbons (Fsp3) is 0.120. The summed E-state index contributed by atoms with van der Waals surface area (Å²) in [6, 6.07) is 18.5. The maximum absolute atomic E-state index is 13.3. The predicted molar refractivity (Wildman–Crippen MR) is 117 cm³/mol. The Balaban J connectivity index is 1.75. The van der Waals surface area contributed by atoms with Gasteiger partial charge < -0.3 is 0 Å². The number of nitrogens with zero attached hydrogens (tertiary/aromatic N) is 2. The molecule has 1 unspecified atom stereocenters. The number of allylic oxidation sites excluding steroid dienone is 4. The number of amides is 1. The molecule has 0 radical (unpaired) electrons. The van der Waals surface area contributed by atoms with Crippen LogP contribution in [0.2, 0.25) is 0 Å². The molecular weight excluding hydrogens is 374 g/mol. The summed E-state index contributed by atoms with van der Waals surface area (Å²) in [7, 11) is 0. The molecule has 0 bridgehead atoms. The molecular formula is C25H21N3O2. The van der Waals surface area contributed by atoms with Crippen molar-refractivity contribution < 1.29 is 9.59 Å². The van der Waals surface area contributed by atoms with Crippen LogP contribution in [0.5, 0.6) is 0 Å². The smallest absolute Gasteiger partial charge is 0.260 e. The highest BCUT2D eigenvalue weighted by molar-refractivity contribution is 6.24. The Morgan fingerprint density at radius 3 is 2.37 bits per heavy atom. The van der Waals surface area contributed by atoms with Gasteiger partial charge in [0.2, 0.25) is 0 Å². The summed E-state index contributed by atoms with van der Waals surface area (Å²) in [6.45, 7) is 0. The quantitative estimate of drug-likeness (QED) is 0.450. The van der Waals surface area contributed by atoms with Crippen molar-refractivity contribution in [1.82, 2.24) is 5.01 Å². The van der Waals surface area contributed by atoms with E-state index in [1.165, 1.54) is 5.01 Å². The van der Waals surface area contributed by atoms with Gasteiger partial charge in [0.05, 0.1) is 17.1 Å². The Morgan fingerprint density at radius 1 is 1.03 bits per heavy atom. The van der Waals surface area contributed by atoms with E-state index in [1.807, 2.05) is 66.8 Å². The summed E-state index contributed by atoms with van der Waals surface area (Å²) in [4.78, 5) is 25.1. The summed E-state index contributed by atoms with van der Waals surface area (Å²) >= 11 is 0. The highest BCUT2D eigenvalue weighted by Crippen LogP contribution is 2.28. The fourth-order valence-electron chi connectivity index (χ4n) is 3.54. The number of hydrogen-bond donors (Lipinski definition) is 1. The first kappa shape index (κ1) is 19.5. The summed E-state index contributed by atoms with van der Waals surface area (Å²) in [5, 5.41) is 14.5. The number of benzene rings is 2. The molecule has 1 atom stereocenters. The van der Waals surface area contributed by atoms with Crippen molar-refractivity contribution in [3.05, 3.63) is 107 Å². The van der Waals surface area contributed by atoms with Crippen LogP contribution in [0.4, 0.5) is 0 Å². The summed E-state index contributed by atoms with van der Waals surface area (Å²) < 4.78 is 0. The lowest BCUT2D eigenvalue weighted by Gasteiger charge is -2.16. The third-order valence-corrected chi connectivity index (χ3v) is 5.09. The third-order valence-electron chi connectivity index (χ3n) is 5.09. The van der Waals surface area contributed by atoms with E-state index in [0.717, 1.165) is 24.1 Å². The van der Waals surface area contributed by atoms with Crippen LogP contribution in [0, 0.1) is 11.3 Å². The molecule has 1 N–H and O–H groups in total. The topological polar surface area (TPSA) is 73.6 Å². The molecule has 0 saturated heterocycles. The molecule has 0 saturated carbocycles. The molecule has 2 aromatic carbocycles. The lowest BCUT2D eigenvalue weighted by Crippen LogP contribution is -2.27. The first-order chi connectivity index (χ1) is 14.7. The second-order valence-corrected chi connectivity index (χ2v) is 7.07. The summed E-state index contributed by atoms with van der Waals surface area (Å²) in [5.74, 6) is -0.972. The van der Waals surface area contributed by atoms with Crippen LogP contribution >= 0.6 is 0 Å². The Bertz CT molecular complexity index is 1100. The minimum absolute atomic E-state index is 0.0843. The van der Waals surface area contributed by atoms with Crippen molar-refractivity contribution in [2.24, 2.45) is 11.0 Å². The number of hydrazone groups is 1. The van der Waals surface area contributed by atoms with Gasteiger partial charge in [-0.15, -0.1) is 0 Å². The lowest BCUT2D eigenvalue weighted by molar-refractivity contribution is -0.128. The molecule has 2 aliphatic rings. The van der Waals surface area contributed by atoms with Crippen LogP contribution in [-0.2, 0) is 9.59 Å². The van der Waals surface area contributed by atoms with E-state index < -0.39 is 5.92 Å². The van der Waals surface area contributed by atoms with Crippen molar-refractivity contribution in [3.63, 3.8) is 0 Å². The standard InChI is InChI=1S/C25H21N3O2/c26-23(18-10-4-1-5-11-18)20(17-29)16-22-24(19-12-6-2-7-13-19)27-28(25(22)30)21-14-8-3-9-15-21/h1-2,4-8,10-17,22,26H,3,9H2/b20-16+,26-23?. The van der Waals surface area contributed by atoms with Gasteiger partial charge in [0, 0.05) is 11.1 Å². The number of rotatable bonds is 6. The van der Waals surface area contributed by atoms with E-state index in [0.29, 0.717) is 17.6 Å². The zero-order valence-electron chi connectivity index (χ0n) is 16.4. The first-order valence-corrected chi connectivity index (χ1v) is 9.85. The molecule has 5 nitrogen and oxygen atoms in total. The van der Waals surface area contributed by atoms with Gasteiger partial charge in [-0.2, -0.15) is 10.1 Å². The fourth-order valence-corrected chi connectivity index (χ4v) is 3.54. The molecule has 30 heavy (non-hydrogen) atoms. The number of nitrogens with one attached hydrogen (secondary N) is 1. The second kappa shape index (κ2) is 8.66. The Hall–Kier alpha value is -3.86. The molecule has 1 amide bonds. The van der Waals surface area contributed by atoms with E-state index >= 15 is 0 Å². The van der Waals surface area contributed by atoms with Gasteiger partial charge in [-0.25, -0.2) is 0 Å².